The van der Waals surface area contributed by atoms with Gasteiger partial charge in [-0.1, -0.05) is 73.6 Å². The first-order chi connectivity index (χ1) is 17.8. The van der Waals surface area contributed by atoms with Crippen molar-refractivity contribution in [1.82, 2.24) is 9.55 Å². The summed E-state index contributed by atoms with van der Waals surface area (Å²) >= 11 is 3.08. The van der Waals surface area contributed by atoms with Gasteiger partial charge in [-0.05, 0) is 42.0 Å². The lowest BCUT2D eigenvalue weighted by molar-refractivity contribution is 0.0509. The Balaban J connectivity index is 1.72. The number of unbranched alkanes of at least 4 members (excludes halogenated alkanes) is 1. The molecule has 7 nitrogen and oxygen atoms in total. The number of carbonyl (C=O) groups excluding carboxylic acids is 1. The molecule has 0 bridgehead atoms. The molecule has 2 N–H and O–H groups in total. The van der Waals surface area contributed by atoms with Crippen LogP contribution in [0.25, 0.3) is 11.1 Å². The molecule has 0 atom stereocenters. The van der Waals surface area contributed by atoms with Crippen LogP contribution in [-0.4, -0.2) is 30.5 Å². The van der Waals surface area contributed by atoms with E-state index in [1.54, 1.807) is 36.5 Å². The lowest BCUT2D eigenvalue weighted by Gasteiger charge is -2.13. The number of primary sulfonamides is 1. The molecule has 4 rings (SSSR count). The predicted octanol–water partition coefficient (Wildman–Crippen LogP) is 5.98. The second-order valence-corrected chi connectivity index (χ2v) is 12.1. The topological polar surface area (TPSA) is 104 Å². The maximum absolute atomic E-state index is 13.1. The third-order valence-corrected chi connectivity index (χ3v) is 8.71. The average Bonchev–Trinajstić information content (AvgIpc) is 3.51. The van der Waals surface area contributed by atoms with Crippen molar-refractivity contribution in [3.63, 3.8) is 0 Å². The number of aromatic nitrogens is 2. The molecule has 0 fully saturated rings. The van der Waals surface area contributed by atoms with Crippen molar-refractivity contribution in [1.29, 1.82) is 0 Å². The van der Waals surface area contributed by atoms with E-state index in [4.69, 9.17) is 14.9 Å². The number of nitrogens with zero attached hydrogens (tertiary/aromatic N) is 2. The molecule has 0 aliphatic rings. The number of imidazole rings is 1. The van der Waals surface area contributed by atoms with E-state index in [0.717, 1.165) is 40.4 Å². The summed E-state index contributed by atoms with van der Waals surface area (Å²) in [5, 5.41) is 8.06. The molecule has 0 unspecified atom stereocenters. The van der Waals surface area contributed by atoms with Gasteiger partial charge >= 0.3 is 5.97 Å². The molecule has 2 aromatic carbocycles. The Labute approximate surface area is 225 Å². The summed E-state index contributed by atoms with van der Waals surface area (Å²) in [5.74, 6) is 0.447. The predicted molar refractivity (Wildman–Crippen MR) is 148 cm³/mol. The fourth-order valence-electron chi connectivity index (χ4n) is 3.98. The van der Waals surface area contributed by atoms with E-state index in [1.165, 1.54) is 17.8 Å². The van der Waals surface area contributed by atoms with Gasteiger partial charge < -0.3 is 9.30 Å². The zero-order valence-corrected chi connectivity index (χ0v) is 23.2. The molecule has 0 amide bonds. The number of rotatable bonds is 11. The minimum Gasteiger partial charge on any atom is -0.461 e. The fraction of sp³-hybridized carbons (Fsp3) is 0.259. The number of aryl methyl sites for hydroxylation is 1. The van der Waals surface area contributed by atoms with Crippen LogP contribution in [0.3, 0.4) is 0 Å². The van der Waals surface area contributed by atoms with E-state index in [-0.39, 0.29) is 11.5 Å². The summed E-state index contributed by atoms with van der Waals surface area (Å²) in [6.45, 7) is 4.62. The number of benzene rings is 2. The zero-order chi connectivity index (χ0) is 26.4. The lowest BCUT2D eigenvalue weighted by Crippen LogP contribution is -2.16. The summed E-state index contributed by atoms with van der Waals surface area (Å²) in [7, 11) is -3.86. The molecule has 0 aliphatic heterocycles. The van der Waals surface area contributed by atoms with Gasteiger partial charge in [0.2, 0.25) is 10.0 Å². The highest BCUT2D eigenvalue weighted by atomic mass is 32.2. The first-order valence-electron chi connectivity index (χ1n) is 12.0. The Kier molecular flexibility index (Phi) is 8.86. The maximum atomic E-state index is 13.1. The first-order valence-corrected chi connectivity index (χ1v) is 15.2. The quantitative estimate of drug-likeness (QED) is 0.228. The van der Waals surface area contributed by atoms with Gasteiger partial charge in [-0.2, -0.15) is 0 Å². The van der Waals surface area contributed by atoms with Gasteiger partial charge in [0.1, 0.15) is 10.9 Å². The van der Waals surface area contributed by atoms with E-state index in [9.17, 15) is 13.2 Å². The van der Waals surface area contributed by atoms with Crippen LogP contribution in [0.5, 0.6) is 0 Å². The third kappa shape index (κ3) is 6.51. The highest BCUT2D eigenvalue weighted by molar-refractivity contribution is 8.01. The first kappa shape index (κ1) is 27.1. The van der Waals surface area contributed by atoms with Crippen molar-refractivity contribution in [3.8, 4) is 11.1 Å². The van der Waals surface area contributed by atoms with Gasteiger partial charge in [0.25, 0.3) is 0 Å². The molecule has 37 heavy (non-hydrogen) atoms. The van der Waals surface area contributed by atoms with Gasteiger partial charge in [0.15, 0.2) is 5.69 Å². The number of hydrogen-bond donors (Lipinski definition) is 1. The van der Waals surface area contributed by atoms with Crippen molar-refractivity contribution >= 4 is 39.1 Å². The van der Waals surface area contributed by atoms with E-state index in [1.807, 2.05) is 46.3 Å². The fourth-order valence-corrected chi connectivity index (χ4v) is 6.56. The molecular weight excluding hydrogens is 527 g/mol. The second-order valence-electron chi connectivity index (χ2n) is 8.36. The van der Waals surface area contributed by atoms with Crippen molar-refractivity contribution in [2.45, 2.75) is 53.8 Å². The van der Waals surface area contributed by atoms with E-state index >= 15 is 0 Å². The van der Waals surface area contributed by atoms with Gasteiger partial charge in [0, 0.05) is 18.5 Å². The minimum atomic E-state index is -3.86. The van der Waals surface area contributed by atoms with Crippen LogP contribution in [0, 0.1) is 0 Å². The SMILES string of the molecule is CCCCc1nc(Sc2cccs2)c(C(=O)OCC)n1Cc1ccc(-c2ccccc2S(N)(=O)=O)cc1. The monoisotopic (exact) mass is 555 g/mol. The summed E-state index contributed by atoms with van der Waals surface area (Å²) in [4.78, 5) is 18.1. The van der Waals surface area contributed by atoms with Crippen molar-refractivity contribution in [2.75, 3.05) is 6.61 Å². The molecule has 4 aromatic rings. The minimum absolute atomic E-state index is 0.0825. The molecular formula is C27H29N3O4S3. The number of esters is 1. The molecule has 2 heterocycles. The summed E-state index contributed by atoms with van der Waals surface area (Å²) < 4.78 is 32.5. The second kappa shape index (κ2) is 12.1. The number of carbonyl (C=O) groups is 1. The summed E-state index contributed by atoms with van der Waals surface area (Å²) in [6, 6.07) is 18.2. The molecule has 10 heteroatoms. The van der Waals surface area contributed by atoms with Crippen LogP contribution < -0.4 is 5.14 Å². The van der Waals surface area contributed by atoms with Crippen LogP contribution >= 0.6 is 23.1 Å². The standard InChI is InChI=1S/C27H29N3O4S3/c1-3-5-11-23-29-26(36-24-12-8-17-35-24)25(27(31)34-4-2)30(23)18-19-13-15-20(16-14-19)21-9-6-7-10-22(21)37(28,32)33/h6-10,12-17H,3-5,11,18H2,1-2H3,(H2,28,32,33). The van der Waals surface area contributed by atoms with Crippen LogP contribution in [-0.2, 0) is 27.7 Å². The third-order valence-electron chi connectivity index (χ3n) is 5.73. The Hall–Kier alpha value is -2.92. The largest absolute Gasteiger partial charge is 0.461 e. The summed E-state index contributed by atoms with van der Waals surface area (Å²) in [6.07, 6.45) is 2.70. The van der Waals surface area contributed by atoms with Gasteiger partial charge in [-0.25, -0.2) is 23.3 Å². The molecule has 194 valence electrons. The Morgan fingerprint density at radius 3 is 2.49 bits per heavy atom. The number of nitrogens with two attached hydrogens (primary N) is 1. The Bertz CT molecular complexity index is 1460. The van der Waals surface area contributed by atoms with Crippen LogP contribution in [0.4, 0.5) is 0 Å². The Morgan fingerprint density at radius 2 is 1.84 bits per heavy atom. The molecule has 0 spiro atoms. The summed E-state index contributed by atoms with van der Waals surface area (Å²) in [5.41, 5.74) is 2.69. The van der Waals surface area contributed by atoms with Gasteiger partial charge in [0.05, 0.1) is 15.7 Å². The lowest BCUT2D eigenvalue weighted by atomic mass is 10.0. The number of hydrogen-bond acceptors (Lipinski definition) is 7. The molecule has 0 saturated carbocycles. The smallest absolute Gasteiger partial charge is 0.357 e. The number of thiophene rings is 1. The van der Waals surface area contributed by atoms with Crippen molar-refractivity contribution in [2.24, 2.45) is 5.14 Å². The average molecular weight is 556 g/mol. The highest BCUT2D eigenvalue weighted by Gasteiger charge is 2.25. The van der Waals surface area contributed by atoms with Gasteiger partial charge in [-0.3, -0.25) is 0 Å². The normalized spacial score (nSPS) is 11.5. The number of ether oxygens (including phenoxy) is 1. The van der Waals surface area contributed by atoms with Crippen molar-refractivity contribution in [3.05, 3.63) is 83.1 Å². The van der Waals surface area contributed by atoms with E-state index in [2.05, 4.69) is 6.92 Å². The molecule has 0 aliphatic carbocycles. The van der Waals surface area contributed by atoms with Crippen LogP contribution in [0.2, 0.25) is 0 Å². The maximum Gasteiger partial charge on any atom is 0.357 e. The van der Waals surface area contributed by atoms with E-state index < -0.39 is 16.0 Å². The molecule has 0 saturated heterocycles. The van der Waals surface area contributed by atoms with Crippen LogP contribution in [0.15, 0.2) is 80.2 Å². The Morgan fingerprint density at radius 1 is 1.08 bits per heavy atom. The van der Waals surface area contributed by atoms with Gasteiger partial charge in [-0.15, -0.1) is 11.3 Å². The van der Waals surface area contributed by atoms with Crippen LogP contribution in [0.1, 0.15) is 48.6 Å². The molecule has 2 aromatic heterocycles. The number of sulfonamides is 1. The van der Waals surface area contributed by atoms with Crippen molar-refractivity contribution < 1.29 is 17.9 Å². The molecule has 0 radical (unpaired) electrons. The zero-order valence-electron chi connectivity index (χ0n) is 20.7. The highest BCUT2D eigenvalue weighted by Crippen LogP contribution is 2.35. The van der Waals surface area contributed by atoms with E-state index in [0.29, 0.717) is 22.8 Å².